The summed E-state index contributed by atoms with van der Waals surface area (Å²) in [7, 11) is 0. The summed E-state index contributed by atoms with van der Waals surface area (Å²) in [6, 6.07) is 24.2. The van der Waals surface area contributed by atoms with E-state index in [9.17, 15) is 0 Å². The van der Waals surface area contributed by atoms with Crippen molar-refractivity contribution in [1.29, 1.82) is 0 Å². The average molecular weight is 456 g/mol. The number of hydrogen-bond donors (Lipinski definition) is 1. The molecule has 0 radical (unpaired) electrons. The monoisotopic (exact) mass is 455 g/mol. The third-order valence-electron chi connectivity index (χ3n) is 5.77. The molecule has 3 aromatic heterocycles. The summed E-state index contributed by atoms with van der Waals surface area (Å²) in [4.78, 5) is 11.4. The van der Waals surface area contributed by atoms with Crippen molar-refractivity contribution in [2.75, 3.05) is 6.61 Å². The standard InChI is InChI=1S/C26H25N5OS/c1-2-32-21-13-11-20(12-14-21)30-17-7-10-23(30)25-24(22-9-4-6-16-28-22)29-26(33)31(25)18-19-8-3-5-15-27-19/h3-17,24-25H,2,18H2,1H3,(H,29,33)/t24-,25-/m0/s1. The molecule has 1 fully saturated rings. The van der Waals surface area contributed by atoms with Gasteiger partial charge in [0.05, 0.1) is 36.6 Å². The molecule has 1 saturated heterocycles. The minimum Gasteiger partial charge on any atom is -0.494 e. The van der Waals surface area contributed by atoms with Gasteiger partial charge < -0.3 is 19.5 Å². The molecular weight excluding hydrogens is 430 g/mol. The zero-order valence-electron chi connectivity index (χ0n) is 18.3. The van der Waals surface area contributed by atoms with Crippen LogP contribution in [0.2, 0.25) is 0 Å². The van der Waals surface area contributed by atoms with Gasteiger partial charge >= 0.3 is 0 Å². The summed E-state index contributed by atoms with van der Waals surface area (Å²) in [5.41, 5.74) is 4.10. The molecule has 6 nitrogen and oxygen atoms in total. The number of aromatic nitrogens is 3. The Labute approximate surface area is 198 Å². The van der Waals surface area contributed by atoms with E-state index in [0.29, 0.717) is 18.3 Å². The van der Waals surface area contributed by atoms with Crippen molar-refractivity contribution >= 4 is 17.3 Å². The van der Waals surface area contributed by atoms with Gasteiger partial charge in [-0.2, -0.15) is 0 Å². The van der Waals surface area contributed by atoms with Crippen LogP contribution in [0, 0.1) is 0 Å². The Morgan fingerprint density at radius 3 is 2.42 bits per heavy atom. The van der Waals surface area contributed by atoms with Crippen molar-refractivity contribution in [2.24, 2.45) is 0 Å². The SMILES string of the molecule is CCOc1ccc(-n2cccc2[C@H]2[C@H](c3ccccn3)NC(=S)N2Cc2ccccn2)cc1. The second-order valence-electron chi connectivity index (χ2n) is 7.81. The molecule has 0 amide bonds. The van der Waals surface area contributed by atoms with Crippen molar-refractivity contribution in [2.45, 2.75) is 25.6 Å². The molecule has 4 aromatic rings. The first kappa shape index (κ1) is 21.2. The summed E-state index contributed by atoms with van der Waals surface area (Å²) in [5.74, 6) is 0.863. The van der Waals surface area contributed by atoms with Gasteiger partial charge in [0.15, 0.2) is 5.11 Å². The number of hydrogen-bond acceptors (Lipinski definition) is 4. The van der Waals surface area contributed by atoms with Crippen LogP contribution in [0.4, 0.5) is 0 Å². The van der Waals surface area contributed by atoms with E-state index in [2.05, 4.69) is 55.2 Å². The lowest BCUT2D eigenvalue weighted by Gasteiger charge is -2.28. The highest BCUT2D eigenvalue weighted by molar-refractivity contribution is 7.80. The van der Waals surface area contributed by atoms with E-state index in [1.807, 2.05) is 67.8 Å². The summed E-state index contributed by atoms with van der Waals surface area (Å²) in [6.07, 6.45) is 5.72. The molecule has 1 N–H and O–H groups in total. The molecule has 1 aliphatic rings. The molecular formula is C26H25N5OS. The lowest BCUT2D eigenvalue weighted by molar-refractivity contribution is 0.299. The van der Waals surface area contributed by atoms with Gasteiger partial charge in [-0.05, 0) is 79.8 Å². The first-order valence-corrected chi connectivity index (χ1v) is 11.4. The molecule has 33 heavy (non-hydrogen) atoms. The molecule has 0 saturated carbocycles. The Balaban J connectivity index is 1.56. The van der Waals surface area contributed by atoms with Crippen LogP contribution in [-0.2, 0) is 6.54 Å². The molecule has 166 valence electrons. The lowest BCUT2D eigenvalue weighted by Crippen LogP contribution is -2.30. The number of benzene rings is 1. The number of ether oxygens (including phenoxy) is 1. The van der Waals surface area contributed by atoms with Crippen molar-refractivity contribution in [3.8, 4) is 11.4 Å². The number of nitrogens with zero attached hydrogens (tertiary/aromatic N) is 4. The lowest BCUT2D eigenvalue weighted by atomic mass is 10.0. The zero-order chi connectivity index (χ0) is 22.6. The molecule has 0 aliphatic carbocycles. The van der Waals surface area contributed by atoms with Gasteiger partial charge in [-0.1, -0.05) is 12.1 Å². The summed E-state index contributed by atoms with van der Waals surface area (Å²) < 4.78 is 7.83. The Morgan fingerprint density at radius 2 is 1.73 bits per heavy atom. The number of pyridine rings is 2. The second-order valence-corrected chi connectivity index (χ2v) is 8.19. The van der Waals surface area contributed by atoms with E-state index >= 15 is 0 Å². The van der Waals surface area contributed by atoms with Gasteiger partial charge in [-0.3, -0.25) is 9.97 Å². The first-order valence-electron chi connectivity index (χ1n) is 11.0. The Kier molecular flexibility index (Phi) is 6.04. The van der Waals surface area contributed by atoms with E-state index in [1.54, 1.807) is 0 Å². The first-order chi connectivity index (χ1) is 16.2. The third kappa shape index (κ3) is 4.32. The molecule has 5 rings (SSSR count). The number of thiocarbonyl (C=S) groups is 1. The van der Waals surface area contributed by atoms with Crippen LogP contribution in [0.15, 0.2) is 91.4 Å². The van der Waals surface area contributed by atoms with Crippen LogP contribution < -0.4 is 10.1 Å². The van der Waals surface area contributed by atoms with Crippen LogP contribution in [0.1, 0.15) is 36.1 Å². The second kappa shape index (κ2) is 9.42. The van der Waals surface area contributed by atoms with Gasteiger partial charge in [0.25, 0.3) is 0 Å². The molecule has 0 spiro atoms. The molecule has 0 unspecified atom stereocenters. The van der Waals surface area contributed by atoms with E-state index in [1.165, 1.54) is 0 Å². The van der Waals surface area contributed by atoms with Crippen molar-refractivity contribution in [1.82, 2.24) is 24.8 Å². The normalized spacial score (nSPS) is 17.7. The van der Waals surface area contributed by atoms with E-state index in [4.69, 9.17) is 17.0 Å². The smallest absolute Gasteiger partial charge is 0.170 e. The van der Waals surface area contributed by atoms with Crippen LogP contribution in [0.3, 0.4) is 0 Å². The molecule has 7 heteroatoms. The summed E-state index contributed by atoms with van der Waals surface area (Å²) in [6.45, 7) is 3.24. The Hall–Kier alpha value is -3.71. The van der Waals surface area contributed by atoms with Gasteiger partial charge in [-0.25, -0.2) is 0 Å². The van der Waals surface area contributed by atoms with Gasteiger partial charge in [0.1, 0.15) is 5.75 Å². The topological polar surface area (TPSA) is 55.2 Å². The minimum absolute atomic E-state index is 0.0593. The van der Waals surface area contributed by atoms with E-state index < -0.39 is 0 Å². The fourth-order valence-corrected chi connectivity index (χ4v) is 4.61. The maximum atomic E-state index is 5.81. The highest BCUT2D eigenvalue weighted by Gasteiger charge is 2.41. The van der Waals surface area contributed by atoms with Crippen molar-refractivity contribution in [3.63, 3.8) is 0 Å². The van der Waals surface area contributed by atoms with Gasteiger partial charge in [-0.15, -0.1) is 0 Å². The predicted molar refractivity (Wildman–Crippen MR) is 132 cm³/mol. The predicted octanol–water partition coefficient (Wildman–Crippen LogP) is 4.84. The number of nitrogens with one attached hydrogen (secondary N) is 1. The fourth-order valence-electron chi connectivity index (χ4n) is 4.30. The minimum atomic E-state index is -0.0845. The Bertz CT molecular complexity index is 1210. The third-order valence-corrected chi connectivity index (χ3v) is 6.12. The highest BCUT2D eigenvalue weighted by atomic mass is 32.1. The van der Waals surface area contributed by atoms with E-state index in [0.717, 1.165) is 28.5 Å². The van der Waals surface area contributed by atoms with Crippen molar-refractivity contribution < 1.29 is 4.74 Å². The molecule has 4 heterocycles. The number of rotatable bonds is 7. The van der Waals surface area contributed by atoms with E-state index in [-0.39, 0.29) is 12.1 Å². The molecule has 2 atom stereocenters. The quantitative estimate of drug-likeness (QED) is 0.403. The van der Waals surface area contributed by atoms with Crippen LogP contribution in [0.5, 0.6) is 5.75 Å². The maximum absolute atomic E-state index is 5.81. The zero-order valence-corrected chi connectivity index (χ0v) is 19.2. The molecule has 0 bridgehead atoms. The van der Waals surface area contributed by atoms with Crippen LogP contribution in [0.25, 0.3) is 5.69 Å². The fraction of sp³-hybridized carbons (Fsp3) is 0.192. The van der Waals surface area contributed by atoms with Crippen LogP contribution >= 0.6 is 12.2 Å². The molecule has 1 aliphatic heterocycles. The van der Waals surface area contributed by atoms with Crippen LogP contribution in [-0.4, -0.2) is 31.2 Å². The summed E-state index contributed by atoms with van der Waals surface area (Å²) >= 11 is 5.81. The molecule has 1 aromatic carbocycles. The average Bonchev–Trinajstić information content (AvgIpc) is 3.46. The largest absolute Gasteiger partial charge is 0.494 e. The van der Waals surface area contributed by atoms with Gasteiger partial charge in [0, 0.05) is 30.0 Å². The summed E-state index contributed by atoms with van der Waals surface area (Å²) in [5, 5.41) is 4.21. The maximum Gasteiger partial charge on any atom is 0.170 e. The van der Waals surface area contributed by atoms with Gasteiger partial charge in [0.2, 0.25) is 0 Å². The highest BCUT2D eigenvalue weighted by Crippen LogP contribution is 2.40. The Morgan fingerprint density at radius 1 is 0.939 bits per heavy atom. The van der Waals surface area contributed by atoms with Crippen molar-refractivity contribution in [3.05, 3.63) is 108 Å².